The minimum absolute atomic E-state index is 0.321. The molecule has 1 atom stereocenters. The van der Waals surface area contributed by atoms with E-state index in [1.807, 2.05) is 0 Å². The van der Waals surface area contributed by atoms with Crippen molar-refractivity contribution in [3.8, 4) is 11.5 Å². The van der Waals surface area contributed by atoms with Crippen molar-refractivity contribution in [2.75, 3.05) is 26.1 Å². The number of rotatable bonds is 4. The maximum absolute atomic E-state index is 10.8. The van der Waals surface area contributed by atoms with E-state index >= 15 is 0 Å². The Morgan fingerprint density at radius 3 is 2.67 bits per heavy atom. The van der Waals surface area contributed by atoms with Crippen molar-refractivity contribution in [3.63, 3.8) is 0 Å². The van der Waals surface area contributed by atoms with Gasteiger partial charge in [-0.2, -0.15) is 8.42 Å². The Morgan fingerprint density at radius 2 is 2.00 bits per heavy atom. The molecular weight excluding hydrogens is 260 g/mol. The zero-order valence-corrected chi connectivity index (χ0v) is 10.6. The monoisotopic (exact) mass is 274 g/mol. The van der Waals surface area contributed by atoms with Crippen molar-refractivity contribution in [1.29, 1.82) is 0 Å². The van der Waals surface area contributed by atoms with Crippen LogP contribution in [0.2, 0.25) is 0 Å². The van der Waals surface area contributed by atoms with Gasteiger partial charge in [-0.05, 0) is 17.7 Å². The lowest BCUT2D eigenvalue weighted by atomic mass is 10.1. The largest absolute Gasteiger partial charge is 0.486 e. The molecule has 1 aliphatic heterocycles. The van der Waals surface area contributed by atoms with Gasteiger partial charge >= 0.3 is 0 Å². The van der Waals surface area contributed by atoms with E-state index in [1.54, 1.807) is 18.2 Å². The van der Waals surface area contributed by atoms with E-state index in [-0.39, 0.29) is 6.61 Å². The van der Waals surface area contributed by atoms with E-state index < -0.39 is 16.2 Å². The van der Waals surface area contributed by atoms with Gasteiger partial charge in [-0.3, -0.25) is 4.18 Å². The van der Waals surface area contributed by atoms with Gasteiger partial charge in [-0.15, -0.1) is 0 Å². The lowest BCUT2D eigenvalue weighted by Gasteiger charge is -2.20. The van der Waals surface area contributed by atoms with E-state index in [1.165, 1.54) is 0 Å². The Bertz CT molecular complexity index is 524. The van der Waals surface area contributed by atoms with Crippen LogP contribution in [0.25, 0.3) is 0 Å². The van der Waals surface area contributed by atoms with Crippen LogP contribution < -0.4 is 9.47 Å². The number of aliphatic hydroxyl groups excluding tert-OH is 1. The number of benzene rings is 1. The summed E-state index contributed by atoms with van der Waals surface area (Å²) in [4.78, 5) is 0. The Morgan fingerprint density at radius 1 is 1.33 bits per heavy atom. The lowest BCUT2D eigenvalue weighted by Crippen LogP contribution is -2.16. The third kappa shape index (κ3) is 3.34. The van der Waals surface area contributed by atoms with E-state index in [2.05, 4.69) is 4.18 Å². The van der Waals surface area contributed by atoms with Crippen molar-refractivity contribution in [1.82, 2.24) is 0 Å². The standard InChI is InChI=1S/C11H14O6S/c1-18(13,14)17-7-9(12)8-2-3-10-11(6-8)16-5-4-15-10/h2-3,6,9,12H,4-5,7H2,1H3/t9-/m0/s1. The van der Waals surface area contributed by atoms with Gasteiger partial charge in [-0.25, -0.2) is 0 Å². The first kappa shape index (κ1) is 13.1. The second-order valence-corrected chi connectivity index (χ2v) is 5.55. The fraction of sp³-hybridized carbons (Fsp3) is 0.455. The normalized spacial score (nSPS) is 16.3. The highest BCUT2D eigenvalue weighted by Crippen LogP contribution is 2.32. The summed E-state index contributed by atoms with van der Waals surface area (Å²) in [6.45, 7) is 0.622. The summed E-state index contributed by atoms with van der Waals surface area (Å²) in [6, 6.07) is 4.93. The van der Waals surface area contributed by atoms with Crippen molar-refractivity contribution >= 4 is 10.1 Å². The molecule has 1 N–H and O–H groups in total. The first-order chi connectivity index (χ1) is 8.46. The van der Waals surface area contributed by atoms with Gasteiger partial charge in [0.05, 0.1) is 12.9 Å². The predicted molar refractivity (Wildman–Crippen MR) is 63.2 cm³/mol. The molecule has 0 aliphatic carbocycles. The molecule has 0 spiro atoms. The van der Waals surface area contributed by atoms with Crippen LogP contribution in [-0.4, -0.2) is 39.6 Å². The maximum Gasteiger partial charge on any atom is 0.264 e. The highest BCUT2D eigenvalue weighted by molar-refractivity contribution is 7.85. The number of hydrogen-bond acceptors (Lipinski definition) is 6. The van der Waals surface area contributed by atoms with Crippen LogP contribution in [0.4, 0.5) is 0 Å². The molecule has 2 rings (SSSR count). The molecule has 7 heteroatoms. The molecule has 0 saturated heterocycles. The molecule has 1 aromatic rings. The molecule has 6 nitrogen and oxygen atoms in total. The number of fused-ring (bicyclic) bond motifs is 1. The van der Waals surface area contributed by atoms with Crippen molar-refractivity contribution in [3.05, 3.63) is 23.8 Å². The summed E-state index contributed by atoms with van der Waals surface area (Å²) in [5.41, 5.74) is 0.517. The molecule has 0 amide bonds. The fourth-order valence-electron chi connectivity index (χ4n) is 1.55. The maximum atomic E-state index is 10.8. The fourth-order valence-corrected chi connectivity index (χ4v) is 1.93. The predicted octanol–water partition coefficient (Wildman–Crippen LogP) is 0.467. The van der Waals surface area contributed by atoms with E-state index in [0.29, 0.717) is 30.3 Å². The van der Waals surface area contributed by atoms with Crippen LogP contribution in [0.1, 0.15) is 11.7 Å². The Labute approximate surface area is 105 Å². The van der Waals surface area contributed by atoms with Crippen LogP contribution in [0.5, 0.6) is 11.5 Å². The Hall–Kier alpha value is -1.31. The van der Waals surface area contributed by atoms with Gasteiger partial charge in [0.2, 0.25) is 0 Å². The highest BCUT2D eigenvalue weighted by atomic mass is 32.2. The van der Waals surface area contributed by atoms with Crippen molar-refractivity contribution < 1.29 is 27.2 Å². The quantitative estimate of drug-likeness (QED) is 0.804. The zero-order valence-electron chi connectivity index (χ0n) is 9.83. The summed E-state index contributed by atoms with van der Waals surface area (Å²) in [5.74, 6) is 1.15. The SMILES string of the molecule is CS(=O)(=O)OC[C@H](O)c1ccc2c(c1)OCCO2. The molecule has 100 valence electrons. The molecule has 0 saturated carbocycles. The smallest absolute Gasteiger partial charge is 0.264 e. The Kier molecular flexibility index (Phi) is 3.74. The summed E-state index contributed by atoms with van der Waals surface area (Å²) in [5, 5.41) is 9.80. The van der Waals surface area contributed by atoms with Gasteiger partial charge in [-0.1, -0.05) is 6.07 Å². The molecule has 1 heterocycles. The Balaban J connectivity index is 2.08. The molecule has 1 aliphatic rings. The molecule has 0 radical (unpaired) electrons. The molecular formula is C11H14O6S. The van der Waals surface area contributed by atoms with E-state index in [4.69, 9.17) is 9.47 Å². The van der Waals surface area contributed by atoms with Crippen molar-refractivity contribution in [2.45, 2.75) is 6.10 Å². The lowest BCUT2D eigenvalue weighted by molar-refractivity contribution is 0.111. The second-order valence-electron chi connectivity index (χ2n) is 3.91. The average molecular weight is 274 g/mol. The third-order valence-electron chi connectivity index (χ3n) is 2.39. The van der Waals surface area contributed by atoms with E-state index in [0.717, 1.165) is 6.26 Å². The molecule has 0 bridgehead atoms. The highest BCUT2D eigenvalue weighted by Gasteiger charge is 2.16. The summed E-state index contributed by atoms with van der Waals surface area (Å²) < 4.78 is 36.9. The molecule has 0 aromatic heterocycles. The van der Waals surface area contributed by atoms with Gasteiger partial charge in [0.25, 0.3) is 10.1 Å². The number of aliphatic hydroxyl groups is 1. The van der Waals surface area contributed by atoms with Crippen LogP contribution in [0.3, 0.4) is 0 Å². The minimum Gasteiger partial charge on any atom is -0.486 e. The van der Waals surface area contributed by atoms with Gasteiger partial charge in [0, 0.05) is 0 Å². The third-order valence-corrected chi connectivity index (χ3v) is 2.96. The van der Waals surface area contributed by atoms with Gasteiger partial charge in [0.15, 0.2) is 11.5 Å². The summed E-state index contributed by atoms with van der Waals surface area (Å²) in [7, 11) is -3.56. The average Bonchev–Trinajstić information content (AvgIpc) is 2.34. The first-order valence-electron chi connectivity index (χ1n) is 5.38. The first-order valence-corrected chi connectivity index (χ1v) is 7.19. The van der Waals surface area contributed by atoms with Crippen molar-refractivity contribution in [2.24, 2.45) is 0 Å². The summed E-state index contributed by atoms with van der Waals surface area (Å²) >= 11 is 0. The number of ether oxygens (including phenoxy) is 2. The second kappa shape index (κ2) is 5.13. The molecule has 18 heavy (non-hydrogen) atoms. The minimum atomic E-state index is -3.56. The van der Waals surface area contributed by atoms with Gasteiger partial charge in [0.1, 0.15) is 19.3 Å². The van der Waals surface area contributed by atoms with Crippen LogP contribution in [0.15, 0.2) is 18.2 Å². The van der Waals surface area contributed by atoms with Crippen LogP contribution in [0, 0.1) is 0 Å². The molecule has 0 unspecified atom stereocenters. The topological polar surface area (TPSA) is 82.1 Å². The molecule has 0 fully saturated rings. The molecule has 1 aromatic carbocycles. The number of hydrogen-bond donors (Lipinski definition) is 1. The van der Waals surface area contributed by atoms with Gasteiger partial charge < -0.3 is 14.6 Å². The van der Waals surface area contributed by atoms with Crippen LogP contribution >= 0.6 is 0 Å². The van der Waals surface area contributed by atoms with Crippen LogP contribution in [-0.2, 0) is 14.3 Å². The van der Waals surface area contributed by atoms with E-state index in [9.17, 15) is 13.5 Å². The summed E-state index contributed by atoms with van der Waals surface area (Å²) in [6.07, 6.45) is -0.0978. The zero-order chi connectivity index (χ0) is 13.2.